The summed E-state index contributed by atoms with van der Waals surface area (Å²) in [5.74, 6) is -1.59. The van der Waals surface area contributed by atoms with Crippen molar-refractivity contribution in [1.29, 1.82) is 0 Å². The topological polar surface area (TPSA) is 92.4 Å². The molecule has 0 aliphatic heterocycles. The number of carbonyl (C=O) groups excluding carboxylic acids is 1. The molecule has 1 aromatic carbocycles. The lowest BCUT2D eigenvalue weighted by Gasteiger charge is -2.17. The first-order chi connectivity index (χ1) is 8.45. The molecule has 98 valence electrons. The number of amides is 1. The summed E-state index contributed by atoms with van der Waals surface area (Å²) in [7, 11) is 0. The first-order valence-electron chi connectivity index (χ1n) is 5.78. The van der Waals surface area contributed by atoms with Crippen LogP contribution < -0.4 is 11.1 Å². The molecule has 0 aliphatic carbocycles. The van der Waals surface area contributed by atoms with Crippen LogP contribution >= 0.6 is 0 Å². The largest absolute Gasteiger partial charge is 0.480 e. The van der Waals surface area contributed by atoms with E-state index < -0.39 is 12.0 Å². The fourth-order valence-corrected chi connectivity index (χ4v) is 1.53. The highest BCUT2D eigenvalue weighted by atomic mass is 16.4. The van der Waals surface area contributed by atoms with E-state index in [1.807, 2.05) is 0 Å². The maximum absolute atomic E-state index is 11.9. The van der Waals surface area contributed by atoms with Crippen LogP contribution in [0.15, 0.2) is 24.3 Å². The Balaban J connectivity index is 2.77. The Morgan fingerprint density at radius 3 is 2.22 bits per heavy atom. The first-order valence-corrected chi connectivity index (χ1v) is 5.78. The molecule has 0 heterocycles. The standard InChI is InChI=1S/C13H18N2O3/c1-8(2)11(13(17)18)15-12(16)10-5-3-9(7-14)4-6-10/h3-6,8,11H,7,14H2,1-2H3,(H,15,16)(H,17,18). The van der Waals surface area contributed by atoms with Gasteiger partial charge in [-0.05, 0) is 23.6 Å². The molecule has 1 aromatic rings. The van der Waals surface area contributed by atoms with Gasteiger partial charge in [0.2, 0.25) is 0 Å². The monoisotopic (exact) mass is 250 g/mol. The Morgan fingerprint density at radius 2 is 1.83 bits per heavy atom. The van der Waals surface area contributed by atoms with Gasteiger partial charge >= 0.3 is 5.97 Å². The van der Waals surface area contributed by atoms with Crippen LogP contribution in [-0.4, -0.2) is 23.0 Å². The summed E-state index contributed by atoms with van der Waals surface area (Å²) < 4.78 is 0. The minimum Gasteiger partial charge on any atom is -0.480 e. The number of hydrogen-bond acceptors (Lipinski definition) is 3. The van der Waals surface area contributed by atoms with Gasteiger partial charge in [0.25, 0.3) is 5.91 Å². The Kier molecular flexibility index (Phi) is 4.85. The number of rotatable bonds is 5. The summed E-state index contributed by atoms with van der Waals surface area (Å²) in [5, 5.41) is 11.5. The first kappa shape index (κ1) is 14.2. The zero-order valence-corrected chi connectivity index (χ0v) is 10.5. The number of carbonyl (C=O) groups is 2. The number of nitrogens with one attached hydrogen (secondary N) is 1. The minimum absolute atomic E-state index is 0.172. The third-order valence-corrected chi connectivity index (χ3v) is 2.67. The lowest BCUT2D eigenvalue weighted by atomic mass is 10.0. The Morgan fingerprint density at radius 1 is 1.28 bits per heavy atom. The molecule has 0 aliphatic rings. The van der Waals surface area contributed by atoms with Crippen LogP contribution in [0.5, 0.6) is 0 Å². The smallest absolute Gasteiger partial charge is 0.326 e. The molecule has 4 N–H and O–H groups in total. The van der Waals surface area contributed by atoms with Crippen molar-refractivity contribution in [2.75, 3.05) is 0 Å². The number of nitrogens with two attached hydrogens (primary N) is 1. The zero-order valence-electron chi connectivity index (χ0n) is 10.5. The molecule has 5 nitrogen and oxygen atoms in total. The summed E-state index contributed by atoms with van der Waals surface area (Å²) in [4.78, 5) is 22.8. The van der Waals surface area contributed by atoms with Crippen molar-refractivity contribution in [3.63, 3.8) is 0 Å². The predicted molar refractivity (Wildman–Crippen MR) is 68.1 cm³/mol. The van der Waals surface area contributed by atoms with E-state index in [9.17, 15) is 9.59 Å². The van der Waals surface area contributed by atoms with Crippen LogP contribution in [0.4, 0.5) is 0 Å². The number of carboxylic acids is 1. The molecule has 5 heteroatoms. The molecular weight excluding hydrogens is 232 g/mol. The van der Waals surface area contributed by atoms with Crippen molar-refractivity contribution >= 4 is 11.9 Å². The minimum atomic E-state index is -1.03. The second kappa shape index (κ2) is 6.16. The van der Waals surface area contributed by atoms with Crippen molar-refractivity contribution in [1.82, 2.24) is 5.32 Å². The molecule has 0 bridgehead atoms. The van der Waals surface area contributed by atoms with Crippen LogP contribution in [0.3, 0.4) is 0 Å². The second-order valence-corrected chi connectivity index (χ2v) is 4.43. The van der Waals surface area contributed by atoms with Gasteiger partial charge in [0.15, 0.2) is 0 Å². The van der Waals surface area contributed by atoms with Crippen LogP contribution in [0, 0.1) is 5.92 Å². The summed E-state index contributed by atoms with van der Waals surface area (Å²) in [6, 6.07) is 5.89. The Labute approximate surface area is 106 Å². The number of aliphatic carboxylic acids is 1. The second-order valence-electron chi connectivity index (χ2n) is 4.43. The van der Waals surface area contributed by atoms with E-state index in [2.05, 4.69) is 5.32 Å². The van der Waals surface area contributed by atoms with E-state index in [0.717, 1.165) is 5.56 Å². The van der Waals surface area contributed by atoms with Gasteiger partial charge in [-0.25, -0.2) is 4.79 Å². The number of benzene rings is 1. The Bertz CT molecular complexity index is 426. The van der Waals surface area contributed by atoms with Crippen LogP contribution in [0.25, 0.3) is 0 Å². The zero-order chi connectivity index (χ0) is 13.7. The maximum Gasteiger partial charge on any atom is 0.326 e. The highest BCUT2D eigenvalue weighted by molar-refractivity contribution is 5.96. The normalized spacial score (nSPS) is 12.2. The van der Waals surface area contributed by atoms with Crippen molar-refractivity contribution < 1.29 is 14.7 Å². The molecule has 18 heavy (non-hydrogen) atoms. The Hall–Kier alpha value is -1.88. The van der Waals surface area contributed by atoms with E-state index in [0.29, 0.717) is 12.1 Å². The fraction of sp³-hybridized carbons (Fsp3) is 0.385. The molecule has 1 atom stereocenters. The SMILES string of the molecule is CC(C)C(NC(=O)c1ccc(CN)cc1)C(=O)O. The summed E-state index contributed by atoms with van der Waals surface area (Å²) in [6.07, 6.45) is 0. The number of hydrogen-bond donors (Lipinski definition) is 3. The van der Waals surface area contributed by atoms with Crippen molar-refractivity contribution in [3.8, 4) is 0 Å². The van der Waals surface area contributed by atoms with Gasteiger partial charge in [0, 0.05) is 12.1 Å². The lowest BCUT2D eigenvalue weighted by Crippen LogP contribution is -2.44. The van der Waals surface area contributed by atoms with E-state index in [1.165, 1.54) is 0 Å². The molecule has 1 rings (SSSR count). The third-order valence-electron chi connectivity index (χ3n) is 2.67. The van der Waals surface area contributed by atoms with Crippen molar-refractivity contribution in [2.24, 2.45) is 11.7 Å². The maximum atomic E-state index is 11.9. The van der Waals surface area contributed by atoms with Gasteiger partial charge in [-0.2, -0.15) is 0 Å². The van der Waals surface area contributed by atoms with Crippen molar-refractivity contribution in [2.45, 2.75) is 26.4 Å². The van der Waals surface area contributed by atoms with Gasteiger partial charge in [0.05, 0.1) is 0 Å². The molecule has 0 saturated heterocycles. The average Bonchev–Trinajstić information content (AvgIpc) is 2.35. The highest BCUT2D eigenvalue weighted by Crippen LogP contribution is 2.07. The van der Waals surface area contributed by atoms with E-state index in [4.69, 9.17) is 10.8 Å². The van der Waals surface area contributed by atoms with Crippen LogP contribution in [0.1, 0.15) is 29.8 Å². The molecule has 0 fully saturated rings. The predicted octanol–water partition coefficient (Wildman–Crippen LogP) is 0.984. The van der Waals surface area contributed by atoms with E-state index in [-0.39, 0.29) is 11.8 Å². The fourth-order valence-electron chi connectivity index (χ4n) is 1.53. The summed E-state index contributed by atoms with van der Waals surface area (Å²) in [5.41, 5.74) is 6.81. The van der Waals surface area contributed by atoms with Gasteiger partial charge in [-0.1, -0.05) is 26.0 Å². The molecule has 0 saturated carbocycles. The number of carboxylic acid groups (broad SMARTS) is 1. The summed E-state index contributed by atoms with van der Waals surface area (Å²) in [6.45, 7) is 3.90. The van der Waals surface area contributed by atoms with Gasteiger partial charge in [0.1, 0.15) is 6.04 Å². The third kappa shape index (κ3) is 3.56. The highest BCUT2D eigenvalue weighted by Gasteiger charge is 2.23. The molecule has 0 radical (unpaired) electrons. The van der Waals surface area contributed by atoms with Gasteiger partial charge in [-0.3, -0.25) is 4.79 Å². The van der Waals surface area contributed by atoms with Crippen LogP contribution in [0.2, 0.25) is 0 Å². The average molecular weight is 250 g/mol. The molecule has 0 spiro atoms. The van der Waals surface area contributed by atoms with E-state index >= 15 is 0 Å². The van der Waals surface area contributed by atoms with E-state index in [1.54, 1.807) is 38.1 Å². The quantitative estimate of drug-likeness (QED) is 0.726. The molecule has 0 aromatic heterocycles. The summed E-state index contributed by atoms with van der Waals surface area (Å²) >= 11 is 0. The van der Waals surface area contributed by atoms with Gasteiger partial charge < -0.3 is 16.2 Å². The molecule has 1 unspecified atom stereocenters. The van der Waals surface area contributed by atoms with Crippen molar-refractivity contribution in [3.05, 3.63) is 35.4 Å². The molecule has 1 amide bonds. The lowest BCUT2D eigenvalue weighted by molar-refractivity contribution is -0.140. The van der Waals surface area contributed by atoms with Gasteiger partial charge in [-0.15, -0.1) is 0 Å². The van der Waals surface area contributed by atoms with Crippen LogP contribution in [-0.2, 0) is 11.3 Å². The molecular formula is C13H18N2O3.